The van der Waals surface area contributed by atoms with Gasteiger partial charge in [0.1, 0.15) is 0 Å². The van der Waals surface area contributed by atoms with E-state index in [4.69, 9.17) is 0 Å². The van der Waals surface area contributed by atoms with Crippen molar-refractivity contribution in [2.24, 2.45) is 4.99 Å². The number of allylic oxidation sites excluding steroid dienone is 3. The molecule has 1 rings (SSSR count). The van der Waals surface area contributed by atoms with Gasteiger partial charge < -0.3 is 5.32 Å². The predicted molar refractivity (Wildman–Crippen MR) is 87.9 cm³/mol. The van der Waals surface area contributed by atoms with Crippen molar-refractivity contribution >= 4 is 22.1 Å². The smallest absolute Gasteiger partial charge is 0.0407 e. The molecule has 1 unspecified atom stereocenters. The third kappa shape index (κ3) is 5.53. The van der Waals surface area contributed by atoms with Crippen molar-refractivity contribution < 1.29 is 0 Å². The van der Waals surface area contributed by atoms with E-state index in [1.165, 1.54) is 5.56 Å². The van der Waals surface area contributed by atoms with Crippen LogP contribution in [0.1, 0.15) is 24.8 Å². The first-order chi connectivity index (χ1) is 9.19. The summed E-state index contributed by atoms with van der Waals surface area (Å²) in [6.07, 6.45) is 6.67. The van der Waals surface area contributed by atoms with Gasteiger partial charge >= 0.3 is 0 Å². The largest absolute Gasteiger partial charge is 0.320 e. The van der Waals surface area contributed by atoms with Crippen molar-refractivity contribution in [1.29, 1.82) is 0 Å². The van der Waals surface area contributed by atoms with E-state index in [2.05, 4.69) is 57.1 Å². The Kier molecular flexibility index (Phi) is 7.38. The van der Waals surface area contributed by atoms with E-state index in [-0.39, 0.29) is 5.92 Å². The molecule has 1 N–H and O–H groups in total. The number of hydrogen-bond donors (Lipinski definition) is 1. The first kappa shape index (κ1) is 15.9. The van der Waals surface area contributed by atoms with Gasteiger partial charge in [-0.25, -0.2) is 0 Å². The van der Waals surface area contributed by atoms with Gasteiger partial charge in [0.15, 0.2) is 0 Å². The van der Waals surface area contributed by atoms with Crippen LogP contribution in [-0.2, 0) is 0 Å². The number of rotatable bonds is 7. The maximum atomic E-state index is 4.42. The van der Waals surface area contributed by atoms with Crippen molar-refractivity contribution in [1.82, 2.24) is 5.32 Å². The van der Waals surface area contributed by atoms with E-state index in [9.17, 15) is 0 Å². The maximum absolute atomic E-state index is 4.42. The average molecular weight is 321 g/mol. The number of halogens is 1. The van der Waals surface area contributed by atoms with Crippen LogP contribution in [0.3, 0.4) is 0 Å². The van der Waals surface area contributed by atoms with E-state index in [1.807, 2.05) is 26.1 Å². The maximum Gasteiger partial charge on any atom is 0.0407 e. The zero-order valence-corrected chi connectivity index (χ0v) is 13.2. The molecule has 0 bridgehead atoms. The number of nitrogens with zero attached hydrogens (tertiary/aromatic N) is 1. The van der Waals surface area contributed by atoms with Crippen LogP contribution in [-0.4, -0.2) is 19.8 Å². The molecule has 1 atom stereocenters. The minimum Gasteiger partial charge on any atom is -0.320 e. The fourth-order valence-electron chi connectivity index (χ4n) is 1.82. The molecule has 0 fully saturated rings. The fourth-order valence-corrected chi connectivity index (χ4v) is 2.09. The Morgan fingerprint density at radius 1 is 1.42 bits per heavy atom. The number of nitrogens with one attached hydrogen (secondary N) is 1. The lowest BCUT2D eigenvalue weighted by Gasteiger charge is -2.17. The van der Waals surface area contributed by atoms with Crippen LogP contribution in [0.15, 0.2) is 58.2 Å². The monoisotopic (exact) mass is 320 g/mol. The molecule has 2 nitrogen and oxygen atoms in total. The second-order valence-electron chi connectivity index (χ2n) is 4.29. The number of hydrogen-bond acceptors (Lipinski definition) is 2. The molecule has 19 heavy (non-hydrogen) atoms. The van der Waals surface area contributed by atoms with Crippen molar-refractivity contribution in [2.45, 2.75) is 19.3 Å². The Morgan fingerprint density at radius 3 is 2.68 bits per heavy atom. The standard InChI is InChI=1S/C16H21BrN2/c1-4-5-11-19-13(2)16(10-12-18-3)14-6-8-15(17)9-7-14/h4-9,11,16,18H,2,10,12H2,1,3H3/b5-4-,19-11?. The number of aliphatic imine (C=N–C) groups is 1. The second-order valence-corrected chi connectivity index (χ2v) is 5.21. The summed E-state index contributed by atoms with van der Waals surface area (Å²) in [6, 6.07) is 8.37. The molecular weight excluding hydrogens is 300 g/mol. The normalized spacial score (nSPS) is 13.2. The number of benzene rings is 1. The summed E-state index contributed by atoms with van der Waals surface area (Å²) >= 11 is 3.46. The third-order valence-corrected chi connectivity index (χ3v) is 3.41. The van der Waals surface area contributed by atoms with Crippen LogP contribution in [0.4, 0.5) is 0 Å². The lowest BCUT2D eigenvalue weighted by molar-refractivity contribution is 0.651. The van der Waals surface area contributed by atoms with Crippen LogP contribution < -0.4 is 5.32 Å². The average Bonchev–Trinajstić information content (AvgIpc) is 2.41. The highest BCUT2D eigenvalue weighted by molar-refractivity contribution is 9.10. The molecule has 1 aromatic carbocycles. The molecule has 0 spiro atoms. The van der Waals surface area contributed by atoms with Gasteiger partial charge in [-0.2, -0.15) is 0 Å². The Morgan fingerprint density at radius 2 is 2.11 bits per heavy atom. The molecule has 0 amide bonds. The van der Waals surface area contributed by atoms with Gasteiger partial charge in [-0.15, -0.1) is 0 Å². The quantitative estimate of drug-likeness (QED) is 0.744. The minimum absolute atomic E-state index is 0.252. The summed E-state index contributed by atoms with van der Waals surface area (Å²) in [5, 5.41) is 3.19. The van der Waals surface area contributed by atoms with E-state index >= 15 is 0 Å². The Bertz CT molecular complexity index is 446. The van der Waals surface area contributed by atoms with Crippen LogP contribution in [0.25, 0.3) is 0 Å². The minimum atomic E-state index is 0.252. The third-order valence-electron chi connectivity index (χ3n) is 2.88. The van der Waals surface area contributed by atoms with Gasteiger partial charge in [-0.1, -0.05) is 40.7 Å². The van der Waals surface area contributed by atoms with Gasteiger partial charge in [0, 0.05) is 22.3 Å². The molecule has 0 radical (unpaired) electrons. The molecule has 0 heterocycles. The highest BCUT2D eigenvalue weighted by Gasteiger charge is 2.14. The van der Waals surface area contributed by atoms with Crippen LogP contribution in [0.2, 0.25) is 0 Å². The first-order valence-electron chi connectivity index (χ1n) is 6.43. The fraction of sp³-hybridized carbons (Fsp3) is 0.312. The molecule has 0 aliphatic rings. The summed E-state index contributed by atoms with van der Waals surface area (Å²) in [7, 11) is 1.96. The van der Waals surface area contributed by atoms with Crippen LogP contribution in [0.5, 0.6) is 0 Å². The molecule has 102 valence electrons. The zero-order chi connectivity index (χ0) is 14.1. The van der Waals surface area contributed by atoms with Gasteiger partial charge in [-0.3, -0.25) is 4.99 Å². The van der Waals surface area contributed by atoms with E-state index in [0.29, 0.717) is 0 Å². The van der Waals surface area contributed by atoms with Gasteiger partial charge in [-0.05, 0) is 50.7 Å². The van der Waals surface area contributed by atoms with Gasteiger partial charge in [0.25, 0.3) is 0 Å². The summed E-state index contributed by atoms with van der Waals surface area (Å²) in [4.78, 5) is 4.42. The second kappa shape index (κ2) is 8.83. The van der Waals surface area contributed by atoms with E-state index < -0.39 is 0 Å². The van der Waals surface area contributed by atoms with Crippen LogP contribution >= 0.6 is 15.9 Å². The molecule has 0 saturated carbocycles. The molecule has 0 aliphatic carbocycles. The first-order valence-corrected chi connectivity index (χ1v) is 7.22. The SMILES string of the molecule is C=C(N=C/C=C\C)C(CCNC)c1ccc(Br)cc1. The topological polar surface area (TPSA) is 24.4 Å². The van der Waals surface area contributed by atoms with Gasteiger partial charge in [0.2, 0.25) is 0 Å². The lowest BCUT2D eigenvalue weighted by atomic mass is 9.93. The van der Waals surface area contributed by atoms with E-state index in [0.717, 1.165) is 23.1 Å². The summed E-state index contributed by atoms with van der Waals surface area (Å²) in [5.41, 5.74) is 2.15. The Balaban J connectivity index is 2.87. The summed E-state index contributed by atoms with van der Waals surface area (Å²) in [5.74, 6) is 0.252. The highest BCUT2D eigenvalue weighted by Crippen LogP contribution is 2.28. The molecule has 3 heteroatoms. The Labute approximate surface area is 124 Å². The predicted octanol–water partition coefficient (Wildman–Crippen LogP) is 4.30. The van der Waals surface area contributed by atoms with Crippen molar-refractivity contribution in [3.63, 3.8) is 0 Å². The van der Waals surface area contributed by atoms with Crippen molar-refractivity contribution in [3.05, 3.63) is 58.7 Å². The Hall–Kier alpha value is -1.19. The van der Waals surface area contributed by atoms with Crippen LogP contribution in [0, 0.1) is 0 Å². The molecular formula is C16H21BrN2. The zero-order valence-electron chi connectivity index (χ0n) is 11.6. The highest BCUT2D eigenvalue weighted by atomic mass is 79.9. The van der Waals surface area contributed by atoms with Crippen molar-refractivity contribution in [3.8, 4) is 0 Å². The summed E-state index contributed by atoms with van der Waals surface area (Å²) in [6.45, 7) is 7.02. The molecule has 0 aromatic heterocycles. The summed E-state index contributed by atoms with van der Waals surface area (Å²) < 4.78 is 1.09. The van der Waals surface area contributed by atoms with E-state index in [1.54, 1.807) is 6.21 Å². The lowest BCUT2D eigenvalue weighted by Crippen LogP contribution is -2.13. The molecule has 0 aliphatic heterocycles. The van der Waals surface area contributed by atoms with Crippen molar-refractivity contribution in [2.75, 3.05) is 13.6 Å². The molecule has 1 aromatic rings. The van der Waals surface area contributed by atoms with Gasteiger partial charge in [0.05, 0.1) is 0 Å². The molecule has 0 saturated heterocycles.